The maximum Gasteiger partial charge on any atom is 0.225 e. The van der Waals surface area contributed by atoms with E-state index in [2.05, 4.69) is 20.4 Å². The molecule has 2 heterocycles. The second kappa shape index (κ2) is 7.56. The van der Waals surface area contributed by atoms with Crippen LogP contribution in [0.4, 0.5) is 5.82 Å². The molecule has 2 rings (SSSR count). The van der Waals surface area contributed by atoms with Gasteiger partial charge in [-0.2, -0.15) is 0 Å². The highest BCUT2D eigenvalue weighted by Crippen LogP contribution is 2.22. The zero-order valence-electron chi connectivity index (χ0n) is 12.4. The Kier molecular flexibility index (Phi) is 5.76. The molecule has 0 aromatic carbocycles. The highest BCUT2D eigenvalue weighted by atomic mass is 35.5. The number of amides is 1. The molecule has 1 N–H and O–H groups in total. The summed E-state index contributed by atoms with van der Waals surface area (Å²) in [6.07, 6.45) is 1.85. The Morgan fingerprint density at radius 2 is 2.38 bits per heavy atom. The molecule has 7 heteroatoms. The molecule has 21 heavy (non-hydrogen) atoms. The number of ether oxygens (including phenoxy) is 1. The fraction of sp³-hybridized carbons (Fsp3) is 0.643. The van der Waals surface area contributed by atoms with Crippen molar-refractivity contribution >= 4 is 23.3 Å². The molecular weight excluding hydrogens is 292 g/mol. The summed E-state index contributed by atoms with van der Waals surface area (Å²) in [5.41, 5.74) is 0. The van der Waals surface area contributed by atoms with Crippen molar-refractivity contribution in [3.05, 3.63) is 17.3 Å². The third kappa shape index (κ3) is 4.54. The molecule has 1 aromatic rings. The standard InChI is InChI=1S/C14H21ClN4O2/c1-10(9-21-2)16-14(20)11-4-3-7-19(8-11)13-6-5-12(15)17-18-13/h5-6,10-11H,3-4,7-9H2,1-2H3,(H,16,20)/t10-,11+/m1/s1. The van der Waals surface area contributed by atoms with Gasteiger partial charge in [-0.05, 0) is 31.9 Å². The number of rotatable bonds is 5. The van der Waals surface area contributed by atoms with Crippen molar-refractivity contribution in [2.45, 2.75) is 25.8 Å². The predicted octanol–water partition coefficient (Wildman–Crippen LogP) is 1.50. The minimum absolute atomic E-state index is 0.0215. The molecule has 0 saturated carbocycles. The minimum atomic E-state index is -0.0319. The van der Waals surface area contributed by atoms with Crippen LogP contribution in [0.2, 0.25) is 5.15 Å². The molecule has 116 valence electrons. The molecular formula is C14H21ClN4O2. The van der Waals surface area contributed by atoms with Crippen molar-refractivity contribution in [1.29, 1.82) is 0 Å². The van der Waals surface area contributed by atoms with Crippen LogP contribution in [-0.2, 0) is 9.53 Å². The maximum absolute atomic E-state index is 12.3. The smallest absolute Gasteiger partial charge is 0.225 e. The molecule has 2 atom stereocenters. The van der Waals surface area contributed by atoms with E-state index >= 15 is 0 Å². The van der Waals surface area contributed by atoms with E-state index in [9.17, 15) is 4.79 Å². The van der Waals surface area contributed by atoms with Crippen LogP contribution in [0.25, 0.3) is 0 Å². The molecule has 1 amide bonds. The largest absolute Gasteiger partial charge is 0.383 e. The number of piperidine rings is 1. The minimum Gasteiger partial charge on any atom is -0.383 e. The molecule has 1 aromatic heterocycles. The summed E-state index contributed by atoms with van der Waals surface area (Å²) in [5, 5.41) is 11.3. The second-order valence-electron chi connectivity index (χ2n) is 5.36. The van der Waals surface area contributed by atoms with E-state index in [0.717, 1.165) is 25.2 Å². The van der Waals surface area contributed by atoms with Crippen LogP contribution in [0.1, 0.15) is 19.8 Å². The first-order chi connectivity index (χ1) is 10.1. The molecule has 1 fully saturated rings. The van der Waals surface area contributed by atoms with Gasteiger partial charge in [0, 0.05) is 26.2 Å². The van der Waals surface area contributed by atoms with Crippen molar-refractivity contribution in [1.82, 2.24) is 15.5 Å². The molecule has 1 saturated heterocycles. The van der Waals surface area contributed by atoms with E-state index in [1.807, 2.05) is 13.0 Å². The monoisotopic (exact) mass is 312 g/mol. The molecule has 0 radical (unpaired) electrons. The van der Waals surface area contributed by atoms with Gasteiger partial charge >= 0.3 is 0 Å². The number of methoxy groups -OCH3 is 1. The summed E-state index contributed by atoms with van der Waals surface area (Å²) in [7, 11) is 1.63. The topological polar surface area (TPSA) is 67.3 Å². The van der Waals surface area contributed by atoms with Gasteiger partial charge in [-0.15, -0.1) is 10.2 Å². The van der Waals surface area contributed by atoms with Crippen LogP contribution < -0.4 is 10.2 Å². The van der Waals surface area contributed by atoms with Gasteiger partial charge in [0.15, 0.2) is 11.0 Å². The van der Waals surface area contributed by atoms with Gasteiger partial charge in [-0.25, -0.2) is 0 Å². The Morgan fingerprint density at radius 1 is 1.57 bits per heavy atom. The molecule has 6 nitrogen and oxygen atoms in total. The number of anilines is 1. The lowest BCUT2D eigenvalue weighted by Gasteiger charge is -2.33. The number of nitrogens with one attached hydrogen (secondary N) is 1. The molecule has 0 aliphatic carbocycles. The van der Waals surface area contributed by atoms with Gasteiger partial charge in [0.2, 0.25) is 5.91 Å². The first-order valence-electron chi connectivity index (χ1n) is 7.13. The summed E-state index contributed by atoms with van der Waals surface area (Å²) in [4.78, 5) is 14.3. The van der Waals surface area contributed by atoms with Gasteiger partial charge in [0.1, 0.15) is 0 Å². The fourth-order valence-electron chi connectivity index (χ4n) is 2.53. The average Bonchev–Trinajstić information content (AvgIpc) is 2.48. The normalized spacial score (nSPS) is 20.1. The van der Waals surface area contributed by atoms with Crippen LogP contribution in [0, 0.1) is 5.92 Å². The van der Waals surface area contributed by atoms with E-state index in [4.69, 9.17) is 16.3 Å². The Morgan fingerprint density at radius 3 is 3.05 bits per heavy atom. The lowest BCUT2D eigenvalue weighted by Crippen LogP contribution is -2.46. The Bertz CT molecular complexity index is 469. The van der Waals surface area contributed by atoms with E-state index < -0.39 is 0 Å². The average molecular weight is 313 g/mol. The lowest BCUT2D eigenvalue weighted by atomic mass is 9.97. The highest BCUT2D eigenvalue weighted by Gasteiger charge is 2.27. The van der Waals surface area contributed by atoms with Crippen LogP contribution >= 0.6 is 11.6 Å². The zero-order chi connectivity index (χ0) is 15.2. The van der Waals surface area contributed by atoms with Crippen LogP contribution in [-0.4, -0.2) is 49.0 Å². The molecule has 1 aliphatic rings. The van der Waals surface area contributed by atoms with Gasteiger partial charge < -0.3 is 15.0 Å². The van der Waals surface area contributed by atoms with Crippen molar-refractivity contribution in [3.63, 3.8) is 0 Å². The van der Waals surface area contributed by atoms with Gasteiger partial charge in [-0.1, -0.05) is 11.6 Å². The lowest BCUT2D eigenvalue weighted by molar-refractivity contribution is -0.126. The number of carbonyl (C=O) groups excluding carboxylic acids is 1. The van der Waals surface area contributed by atoms with Crippen molar-refractivity contribution in [2.75, 3.05) is 31.7 Å². The number of nitrogens with zero attached hydrogens (tertiary/aromatic N) is 3. The number of hydrogen-bond acceptors (Lipinski definition) is 5. The SMILES string of the molecule is COC[C@@H](C)NC(=O)[C@H]1CCCN(c2ccc(Cl)nn2)C1. The quantitative estimate of drug-likeness (QED) is 0.892. The zero-order valence-corrected chi connectivity index (χ0v) is 13.1. The number of aromatic nitrogens is 2. The van der Waals surface area contributed by atoms with E-state index in [-0.39, 0.29) is 17.9 Å². The van der Waals surface area contributed by atoms with E-state index in [1.54, 1.807) is 13.2 Å². The van der Waals surface area contributed by atoms with Gasteiger partial charge in [0.05, 0.1) is 12.5 Å². The molecule has 0 unspecified atom stereocenters. The number of carbonyl (C=O) groups is 1. The van der Waals surface area contributed by atoms with E-state index in [0.29, 0.717) is 18.3 Å². The second-order valence-corrected chi connectivity index (χ2v) is 5.75. The summed E-state index contributed by atoms with van der Waals surface area (Å²) < 4.78 is 5.04. The van der Waals surface area contributed by atoms with Gasteiger partial charge in [-0.3, -0.25) is 4.79 Å². The number of halogens is 1. The summed E-state index contributed by atoms with van der Waals surface area (Å²) >= 11 is 5.75. The Labute approximate surface area is 129 Å². The Hall–Kier alpha value is -1.40. The van der Waals surface area contributed by atoms with E-state index in [1.165, 1.54) is 0 Å². The van der Waals surface area contributed by atoms with Crippen LogP contribution in [0.15, 0.2) is 12.1 Å². The first-order valence-corrected chi connectivity index (χ1v) is 7.51. The summed E-state index contributed by atoms with van der Waals surface area (Å²) in [6.45, 7) is 3.99. The maximum atomic E-state index is 12.3. The molecule has 0 spiro atoms. The van der Waals surface area contributed by atoms with Crippen LogP contribution in [0.5, 0.6) is 0 Å². The molecule has 0 bridgehead atoms. The predicted molar refractivity (Wildman–Crippen MR) is 81.5 cm³/mol. The first kappa shape index (κ1) is 16.0. The third-order valence-electron chi connectivity index (χ3n) is 3.54. The highest BCUT2D eigenvalue weighted by molar-refractivity contribution is 6.29. The third-order valence-corrected chi connectivity index (χ3v) is 3.74. The van der Waals surface area contributed by atoms with Gasteiger partial charge in [0.25, 0.3) is 0 Å². The summed E-state index contributed by atoms with van der Waals surface area (Å²) in [5.74, 6) is 0.809. The number of hydrogen-bond donors (Lipinski definition) is 1. The Balaban J connectivity index is 1.94. The van der Waals surface area contributed by atoms with Crippen molar-refractivity contribution < 1.29 is 9.53 Å². The van der Waals surface area contributed by atoms with Crippen LogP contribution in [0.3, 0.4) is 0 Å². The van der Waals surface area contributed by atoms with Crippen molar-refractivity contribution in [3.8, 4) is 0 Å². The van der Waals surface area contributed by atoms with Crippen molar-refractivity contribution in [2.24, 2.45) is 5.92 Å². The molecule has 1 aliphatic heterocycles. The fourth-order valence-corrected chi connectivity index (χ4v) is 2.63. The summed E-state index contributed by atoms with van der Waals surface area (Å²) in [6, 6.07) is 3.57.